The third kappa shape index (κ3) is 4.14. The summed E-state index contributed by atoms with van der Waals surface area (Å²) in [6.07, 6.45) is -2.81. The summed E-state index contributed by atoms with van der Waals surface area (Å²) in [5.41, 5.74) is 0.904. The van der Waals surface area contributed by atoms with E-state index in [4.69, 9.17) is 0 Å². The van der Waals surface area contributed by atoms with E-state index in [0.717, 1.165) is 44.7 Å². The molecule has 36 heavy (non-hydrogen) atoms. The summed E-state index contributed by atoms with van der Waals surface area (Å²) in [7, 11) is 0. The minimum absolute atomic E-state index is 0. The number of alkyl halides is 3. The van der Waals surface area contributed by atoms with Gasteiger partial charge in [0.1, 0.15) is 17.1 Å². The van der Waals surface area contributed by atoms with Gasteiger partial charge in [0, 0.05) is 38.2 Å². The number of para-hydroxylation sites is 1. The summed E-state index contributed by atoms with van der Waals surface area (Å²) < 4.78 is 42.2. The van der Waals surface area contributed by atoms with E-state index in [1.54, 1.807) is 6.20 Å². The summed E-state index contributed by atoms with van der Waals surface area (Å²) >= 11 is 1.26. The second kappa shape index (κ2) is 9.26. The van der Waals surface area contributed by atoms with Crippen molar-refractivity contribution in [3.63, 3.8) is 0 Å². The molecule has 0 atom stereocenters. The monoisotopic (exact) mass is 681 g/mol. The molecule has 6 rings (SSSR count). The number of halogens is 3. The fourth-order valence-electron chi connectivity index (χ4n) is 4.26. The molecule has 6 aromatic rings. The topological polar surface area (TPSA) is 50.9 Å². The summed E-state index contributed by atoms with van der Waals surface area (Å²) in [5.74, 6) is 0.454. The van der Waals surface area contributed by atoms with Crippen molar-refractivity contribution in [2.45, 2.75) is 16.1 Å². The average molecular weight is 682 g/mol. The Hall–Kier alpha value is -3.35. The van der Waals surface area contributed by atoms with Gasteiger partial charge >= 0.3 is 6.18 Å². The summed E-state index contributed by atoms with van der Waals surface area (Å²) in [4.78, 5) is 9.56. The molecular formula is C27H15F3N3OPtS-. The van der Waals surface area contributed by atoms with Crippen LogP contribution in [0, 0.1) is 6.07 Å². The van der Waals surface area contributed by atoms with Gasteiger partial charge in [-0.1, -0.05) is 46.4 Å². The molecule has 0 unspecified atom stereocenters. The minimum atomic E-state index is -4.54. The summed E-state index contributed by atoms with van der Waals surface area (Å²) in [5, 5.41) is 12.6. The van der Waals surface area contributed by atoms with Gasteiger partial charge in [-0.2, -0.15) is 25.3 Å². The summed E-state index contributed by atoms with van der Waals surface area (Å²) in [6.45, 7) is 0. The number of fused-ring (bicyclic) bond motifs is 4. The second-order valence-electron chi connectivity index (χ2n) is 7.90. The first kappa shape index (κ1) is 24.3. The maximum absolute atomic E-state index is 13.4. The molecule has 0 aliphatic heterocycles. The number of hydrogen-bond acceptors (Lipinski definition) is 4. The second-order valence-corrected chi connectivity index (χ2v) is 8.97. The van der Waals surface area contributed by atoms with Gasteiger partial charge < -0.3 is 9.67 Å². The van der Waals surface area contributed by atoms with Crippen LogP contribution in [0.2, 0.25) is 0 Å². The van der Waals surface area contributed by atoms with Gasteiger partial charge in [-0.15, -0.1) is 11.5 Å². The van der Waals surface area contributed by atoms with Crippen molar-refractivity contribution in [2.24, 2.45) is 0 Å². The Morgan fingerprint density at radius 2 is 1.61 bits per heavy atom. The molecule has 0 fully saturated rings. The van der Waals surface area contributed by atoms with Crippen molar-refractivity contribution in [2.75, 3.05) is 0 Å². The Morgan fingerprint density at radius 1 is 0.833 bits per heavy atom. The molecule has 0 aliphatic carbocycles. The Labute approximate surface area is 222 Å². The normalized spacial score (nSPS) is 11.8. The van der Waals surface area contributed by atoms with Gasteiger partial charge in [-0.05, 0) is 47.9 Å². The van der Waals surface area contributed by atoms with Crippen LogP contribution in [0.5, 0.6) is 5.75 Å². The van der Waals surface area contributed by atoms with Gasteiger partial charge in [0.25, 0.3) is 0 Å². The first-order chi connectivity index (χ1) is 16.9. The third-order valence-corrected chi connectivity index (χ3v) is 6.66. The maximum Gasteiger partial charge on any atom is 0.417 e. The van der Waals surface area contributed by atoms with Crippen LogP contribution in [0.3, 0.4) is 0 Å². The van der Waals surface area contributed by atoms with E-state index in [0.29, 0.717) is 5.03 Å². The molecular weight excluding hydrogens is 666 g/mol. The summed E-state index contributed by atoms with van der Waals surface area (Å²) in [6, 6.07) is 25.8. The fourth-order valence-corrected chi connectivity index (χ4v) is 5.04. The van der Waals surface area contributed by atoms with Crippen molar-refractivity contribution >= 4 is 44.5 Å². The van der Waals surface area contributed by atoms with Crippen molar-refractivity contribution in [3.8, 4) is 11.6 Å². The van der Waals surface area contributed by atoms with Crippen LogP contribution in [0.4, 0.5) is 13.2 Å². The zero-order valence-corrected chi connectivity index (χ0v) is 21.3. The molecule has 0 aliphatic rings. The molecule has 3 aromatic heterocycles. The molecule has 0 bridgehead atoms. The van der Waals surface area contributed by atoms with Gasteiger partial charge in [0.15, 0.2) is 0 Å². The van der Waals surface area contributed by atoms with Crippen molar-refractivity contribution in [3.05, 3.63) is 96.7 Å². The van der Waals surface area contributed by atoms with E-state index in [1.165, 1.54) is 23.9 Å². The van der Waals surface area contributed by atoms with Crippen LogP contribution >= 0.6 is 11.8 Å². The van der Waals surface area contributed by atoms with Crippen LogP contribution in [0.1, 0.15) is 5.56 Å². The molecule has 4 nitrogen and oxygen atoms in total. The fraction of sp³-hybridized carbons (Fsp3) is 0.0370. The number of hydrogen-bond donors (Lipinski definition) is 1. The number of phenolic OH excluding ortho intramolecular Hbond substituents is 1. The average Bonchev–Trinajstić information content (AvgIpc) is 3.18. The van der Waals surface area contributed by atoms with Crippen molar-refractivity contribution < 1.29 is 39.3 Å². The van der Waals surface area contributed by atoms with Crippen LogP contribution in [-0.4, -0.2) is 19.6 Å². The zero-order chi connectivity index (χ0) is 24.2. The van der Waals surface area contributed by atoms with Crippen molar-refractivity contribution in [1.82, 2.24) is 14.5 Å². The Balaban J connectivity index is 0.00000267. The van der Waals surface area contributed by atoms with Gasteiger partial charge in [0.05, 0.1) is 10.6 Å². The first-order valence-corrected chi connectivity index (χ1v) is 11.5. The van der Waals surface area contributed by atoms with Crippen LogP contribution in [-0.2, 0) is 27.2 Å². The van der Waals surface area contributed by atoms with E-state index < -0.39 is 11.7 Å². The van der Waals surface area contributed by atoms with Gasteiger partial charge in [0.2, 0.25) is 0 Å². The van der Waals surface area contributed by atoms with E-state index in [-0.39, 0.29) is 37.7 Å². The molecule has 182 valence electrons. The zero-order valence-electron chi connectivity index (χ0n) is 18.2. The number of nitrogens with zero attached hydrogens (tertiary/aromatic N) is 3. The van der Waals surface area contributed by atoms with E-state index in [9.17, 15) is 18.3 Å². The van der Waals surface area contributed by atoms with Crippen molar-refractivity contribution in [1.29, 1.82) is 0 Å². The molecule has 3 aromatic carbocycles. The molecule has 0 saturated carbocycles. The number of benzene rings is 3. The number of aromatic nitrogens is 3. The largest absolute Gasteiger partial charge is 0.506 e. The van der Waals surface area contributed by atoms with E-state index in [1.807, 2.05) is 59.2 Å². The van der Waals surface area contributed by atoms with E-state index in [2.05, 4.69) is 16.0 Å². The van der Waals surface area contributed by atoms with Crippen LogP contribution < -0.4 is 0 Å². The quantitative estimate of drug-likeness (QED) is 0.198. The Bertz CT molecular complexity index is 1740. The standard InChI is InChI=1S/C27H15F3N3OS.Pt/c28-27(29,30)20-11-12-23(34)26-19(20)10-13-25(32-26)35-16-8-9-18-17-5-1-2-6-21(17)33(22(18)15-16)24-7-3-4-14-31-24;/h1-14,34H;/q-1;. The van der Waals surface area contributed by atoms with Crippen LogP contribution in [0.15, 0.2) is 95.0 Å². The van der Waals surface area contributed by atoms with E-state index >= 15 is 0 Å². The van der Waals surface area contributed by atoms with Crippen LogP contribution in [0.25, 0.3) is 38.5 Å². The number of pyridine rings is 2. The maximum atomic E-state index is 13.4. The number of rotatable bonds is 3. The third-order valence-electron chi connectivity index (χ3n) is 5.77. The smallest absolute Gasteiger partial charge is 0.417 e. The Morgan fingerprint density at radius 3 is 2.39 bits per heavy atom. The molecule has 9 heteroatoms. The SMILES string of the molecule is Oc1ccc(C(F)(F)F)c2ccc(Sc3[c-]c4c(cc3)c3ccccc3n4-c3ccccn3)nc12.[Pt]. The first-order valence-electron chi connectivity index (χ1n) is 10.6. The molecule has 0 radical (unpaired) electrons. The number of phenols is 1. The predicted molar refractivity (Wildman–Crippen MR) is 130 cm³/mol. The molecule has 1 N–H and O–H groups in total. The molecule has 0 spiro atoms. The minimum Gasteiger partial charge on any atom is -0.506 e. The molecule has 0 amide bonds. The molecule has 3 heterocycles. The van der Waals surface area contributed by atoms with Gasteiger partial charge in [-0.25, -0.2) is 9.97 Å². The Kier molecular flexibility index (Phi) is 6.27. The predicted octanol–water partition coefficient (Wildman–Crippen LogP) is 7.40. The van der Waals surface area contributed by atoms with Gasteiger partial charge in [-0.3, -0.25) is 0 Å². The number of aromatic hydroxyl groups is 1. The molecule has 0 saturated heterocycles.